The monoisotopic (exact) mass is 483 g/mol. The van der Waals surface area contributed by atoms with E-state index in [0.717, 1.165) is 23.1 Å². The summed E-state index contributed by atoms with van der Waals surface area (Å²) in [5, 5.41) is 15.2. The zero-order valence-electron chi connectivity index (χ0n) is 21.6. The lowest BCUT2D eigenvalue weighted by Gasteiger charge is -2.31. The molecule has 190 valence electrons. The number of hydrogen-bond donors (Lipinski definition) is 3. The lowest BCUT2D eigenvalue weighted by atomic mass is 10.0. The van der Waals surface area contributed by atoms with Crippen LogP contribution in [0.15, 0.2) is 42.5 Å². The first-order valence-corrected chi connectivity index (χ1v) is 11.7. The highest BCUT2D eigenvalue weighted by atomic mass is 16.6. The summed E-state index contributed by atoms with van der Waals surface area (Å²) in [4.78, 5) is 40.3. The zero-order valence-corrected chi connectivity index (χ0v) is 21.6. The molecule has 0 saturated heterocycles. The molecule has 0 fully saturated rings. The van der Waals surface area contributed by atoms with Crippen LogP contribution in [-0.2, 0) is 20.7 Å². The van der Waals surface area contributed by atoms with Gasteiger partial charge in [-0.2, -0.15) is 0 Å². The van der Waals surface area contributed by atoms with Gasteiger partial charge in [0.25, 0.3) is 5.91 Å². The molecule has 3 N–H and O–H groups in total. The number of hydrogen-bond acceptors (Lipinski definition) is 5. The number of benzene rings is 2. The first-order valence-electron chi connectivity index (χ1n) is 11.7. The van der Waals surface area contributed by atoms with Crippen LogP contribution in [0.4, 0.5) is 10.5 Å². The minimum atomic E-state index is -1.28. The van der Waals surface area contributed by atoms with Crippen LogP contribution in [0.2, 0.25) is 0 Å². The molecule has 2 unspecified atom stereocenters. The van der Waals surface area contributed by atoms with E-state index >= 15 is 0 Å². The van der Waals surface area contributed by atoms with Crippen molar-refractivity contribution in [1.82, 2.24) is 10.2 Å². The van der Waals surface area contributed by atoms with Gasteiger partial charge in [-0.05, 0) is 63.3 Å². The Morgan fingerprint density at radius 2 is 1.60 bits per heavy atom. The van der Waals surface area contributed by atoms with E-state index in [1.54, 1.807) is 20.8 Å². The van der Waals surface area contributed by atoms with E-state index in [9.17, 15) is 19.5 Å². The predicted molar refractivity (Wildman–Crippen MR) is 136 cm³/mol. The summed E-state index contributed by atoms with van der Waals surface area (Å²) in [5.41, 5.74) is 3.40. The van der Waals surface area contributed by atoms with Crippen molar-refractivity contribution in [3.63, 3.8) is 0 Å². The number of nitrogens with zero attached hydrogens (tertiary/aromatic N) is 1. The van der Waals surface area contributed by atoms with Crippen LogP contribution >= 0.6 is 0 Å². The number of carbonyl (C=O) groups is 3. The van der Waals surface area contributed by atoms with E-state index in [-0.39, 0.29) is 0 Å². The number of likely N-dealkylation sites (N-methyl/N-ethyl adjacent to an activating group) is 1. The van der Waals surface area contributed by atoms with Crippen molar-refractivity contribution in [3.8, 4) is 0 Å². The summed E-state index contributed by atoms with van der Waals surface area (Å²) >= 11 is 0. The third kappa shape index (κ3) is 7.55. The topological polar surface area (TPSA) is 108 Å². The maximum atomic E-state index is 13.6. The molecule has 2 atom stereocenters. The van der Waals surface area contributed by atoms with Crippen molar-refractivity contribution in [3.05, 3.63) is 64.7 Å². The molecule has 0 aliphatic carbocycles. The van der Waals surface area contributed by atoms with Gasteiger partial charge >= 0.3 is 6.09 Å². The number of amides is 3. The first-order chi connectivity index (χ1) is 16.4. The van der Waals surface area contributed by atoms with Crippen LogP contribution in [0.1, 0.15) is 56.0 Å². The fourth-order valence-corrected chi connectivity index (χ4v) is 3.70. The smallest absolute Gasteiger partial charge is 0.408 e. The maximum absolute atomic E-state index is 13.6. The van der Waals surface area contributed by atoms with Crippen LogP contribution < -0.4 is 10.6 Å². The van der Waals surface area contributed by atoms with Crippen LogP contribution in [0, 0.1) is 13.8 Å². The highest BCUT2D eigenvalue weighted by Gasteiger charge is 2.34. The summed E-state index contributed by atoms with van der Waals surface area (Å²) < 4.78 is 5.21. The van der Waals surface area contributed by atoms with E-state index in [4.69, 9.17) is 4.74 Å². The molecule has 0 bridgehead atoms. The molecule has 8 heteroatoms. The molecule has 2 aromatic carbocycles. The minimum Gasteiger partial charge on any atom is -0.444 e. The quantitative estimate of drug-likeness (QED) is 0.528. The molecule has 8 nitrogen and oxygen atoms in total. The summed E-state index contributed by atoms with van der Waals surface area (Å²) in [7, 11) is 1.48. The van der Waals surface area contributed by atoms with Crippen LogP contribution in [0.25, 0.3) is 0 Å². The first kappa shape index (κ1) is 27.9. The Labute approximate surface area is 207 Å². The normalized spacial score (nSPS) is 12.9. The number of aliphatic hydroxyl groups is 1. The molecule has 2 aromatic rings. The summed E-state index contributed by atoms with van der Waals surface area (Å²) in [6.45, 7) is 10.3. The van der Waals surface area contributed by atoms with Gasteiger partial charge in [0.15, 0.2) is 0 Å². The number of ether oxygens (including phenoxy) is 1. The molecule has 0 spiro atoms. The maximum Gasteiger partial charge on any atom is 0.408 e. The average Bonchev–Trinajstić information content (AvgIpc) is 2.79. The van der Waals surface area contributed by atoms with Gasteiger partial charge in [0.05, 0.1) is 6.61 Å². The Kier molecular flexibility index (Phi) is 9.42. The molecular weight excluding hydrogens is 446 g/mol. The van der Waals surface area contributed by atoms with E-state index in [1.807, 2.05) is 63.2 Å². The summed E-state index contributed by atoms with van der Waals surface area (Å²) in [6.07, 6.45) is 0.00268. The van der Waals surface area contributed by atoms with Gasteiger partial charge in [0.1, 0.15) is 17.7 Å². The molecule has 0 aromatic heterocycles. The number of aliphatic hydroxyl groups excluding tert-OH is 1. The highest BCUT2D eigenvalue weighted by molar-refractivity contribution is 5.99. The minimum absolute atomic E-state index is 0.406. The molecule has 3 amide bonds. The molecule has 0 aliphatic heterocycles. The summed E-state index contributed by atoms with van der Waals surface area (Å²) in [6, 6.07) is 10.9. The molecular formula is C27H37N3O5. The van der Waals surface area contributed by atoms with Gasteiger partial charge < -0.3 is 25.4 Å². The molecule has 0 heterocycles. The van der Waals surface area contributed by atoms with Crippen molar-refractivity contribution in [1.29, 1.82) is 0 Å². The molecule has 35 heavy (non-hydrogen) atoms. The Morgan fingerprint density at radius 1 is 1.03 bits per heavy atom. The standard InChI is InChI=1S/C27H37N3O5/c1-8-19-12-14-20(15-13-19)23(24(32)29-22-17(2)10-9-11-18(22)3)30(7)25(33)21(16-31)28-26(34)35-27(4,5)6/h9-15,21,23,31H,8,16H2,1-7H3,(H,28,34)(H,29,32). The van der Waals surface area contributed by atoms with E-state index in [0.29, 0.717) is 11.3 Å². The average molecular weight is 484 g/mol. The van der Waals surface area contributed by atoms with Crippen molar-refractivity contribution in [2.45, 2.75) is 65.6 Å². The predicted octanol–water partition coefficient (Wildman–Crippen LogP) is 3.89. The Morgan fingerprint density at radius 3 is 2.09 bits per heavy atom. The van der Waals surface area contributed by atoms with Crippen LogP contribution in [0.3, 0.4) is 0 Å². The number of nitrogens with one attached hydrogen (secondary N) is 2. The summed E-state index contributed by atoms with van der Waals surface area (Å²) in [5.74, 6) is -1.03. The molecule has 0 radical (unpaired) electrons. The SMILES string of the molecule is CCc1ccc(C(C(=O)Nc2c(C)cccc2C)N(C)C(=O)C(CO)NC(=O)OC(C)(C)C)cc1. The van der Waals surface area contributed by atoms with E-state index in [2.05, 4.69) is 10.6 Å². The van der Waals surface area contributed by atoms with Crippen molar-refractivity contribution in [2.24, 2.45) is 0 Å². The number of rotatable bonds is 8. The van der Waals surface area contributed by atoms with Crippen molar-refractivity contribution in [2.75, 3.05) is 19.0 Å². The van der Waals surface area contributed by atoms with E-state index < -0.39 is 42.2 Å². The number of para-hydroxylation sites is 1. The van der Waals surface area contributed by atoms with Crippen LogP contribution in [0.5, 0.6) is 0 Å². The fraction of sp³-hybridized carbons (Fsp3) is 0.444. The third-order valence-electron chi connectivity index (χ3n) is 5.59. The Hall–Kier alpha value is -3.39. The molecule has 2 rings (SSSR count). The number of aryl methyl sites for hydroxylation is 3. The van der Waals surface area contributed by atoms with Gasteiger partial charge in [0.2, 0.25) is 5.91 Å². The van der Waals surface area contributed by atoms with Gasteiger partial charge in [0, 0.05) is 12.7 Å². The Bertz CT molecular complexity index is 1020. The lowest BCUT2D eigenvalue weighted by Crippen LogP contribution is -2.52. The lowest BCUT2D eigenvalue weighted by molar-refractivity contribution is -0.139. The Balaban J connectivity index is 2.37. The number of anilines is 1. The molecule has 0 aliphatic rings. The fourth-order valence-electron chi connectivity index (χ4n) is 3.70. The van der Waals surface area contributed by atoms with E-state index in [1.165, 1.54) is 11.9 Å². The largest absolute Gasteiger partial charge is 0.444 e. The highest BCUT2D eigenvalue weighted by Crippen LogP contribution is 2.26. The van der Waals surface area contributed by atoms with Gasteiger partial charge in [-0.25, -0.2) is 4.79 Å². The second kappa shape index (κ2) is 11.8. The second-order valence-electron chi connectivity index (χ2n) is 9.58. The second-order valence-corrected chi connectivity index (χ2v) is 9.58. The molecule has 0 saturated carbocycles. The number of alkyl carbamates (subject to hydrolysis) is 1. The van der Waals surface area contributed by atoms with Gasteiger partial charge in [-0.15, -0.1) is 0 Å². The van der Waals surface area contributed by atoms with Crippen LogP contribution in [-0.4, -0.2) is 53.2 Å². The van der Waals surface area contributed by atoms with Gasteiger partial charge in [-0.1, -0.05) is 49.4 Å². The van der Waals surface area contributed by atoms with Gasteiger partial charge in [-0.3, -0.25) is 9.59 Å². The third-order valence-corrected chi connectivity index (χ3v) is 5.59. The number of carbonyl (C=O) groups excluding carboxylic acids is 3. The zero-order chi connectivity index (χ0) is 26.3. The van der Waals surface area contributed by atoms with Crippen molar-refractivity contribution >= 4 is 23.6 Å². The van der Waals surface area contributed by atoms with Crippen molar-refractivity contribution < 1.29 is 24.2 Å².